The fourth-order valence-corrected chi connectivity index (χ4v) is 3.29. The Hall–Kier alpha value is -3.68. The van der Waals surface area contributed by atoms with Crippen LogP contribution in [0.25, 0.3) is 10.9 Å². The van der Waals surface area contributed by atoms with E-state index in [0.717, 1.165) is 35.4 Å². The minimum atomic E-state index is 0.511. The van der Waals surface area contributed by atoms with Crippen molar-refractivity contribution in [2.24, 2.45) is 0 Å². The summed E-state index contributed by atoms with van der Waals surface area (Å²) >= 11 is 0. The monoisotopic (exact) mass is 359 g/mol. The Labute approximate surface area is 155 Å². The summed E-state index contributed by atoms with van der Waals surface area (Å²) in [7, 11) is 1.68. The number of nitrogens with one attached hydrogen (secondary N) is 2. The van der Waals surface area contributed by atoms with Gasteiger partial charge in [-0.25, -0.2) is 9.97 Å². The van der Waals surface area contributed by atoms with Crippen LogP contribution in [-0.4, -0.2) is 32.3 Å². The Kier molecular flexibility index (Phi) is 3.60. The van der Waals surface area contributed by atoms with Gasteiger partial charge in [-0.05, 0) is 41.5 Å². The van der Waals surface area contributed by atoms with Crippen molar-refractivity contribution in [3.05, 3.63) is 60.0 Å². The van der Waals surface area contributed by atoms with Gasteiger partial charge >= 0.3 is 0 Å². The molecule has 0 saturated carbocycles. The van der Waals surface area contributed by atoms with Crippen LogP contribution in [0, 0.1) is 0 Å². The maximum Gasteiger partial charge on any atom is 0.231 e. The third kappa shape index (κ3) is 2.91. The van der Waals surface area contributed by atoms with Crippen LogP contribution in [0.5, 0.6) is 5.75 Å². The van der Waals surface area contributed by atoms with Crippen LogP contribution >= 0.6 is 0 Å². The zero-order valence-corrected chi connectivity index (χ0v) is 14.7. The molecule has 134 valence electrons. The zero-order valence-electron chi connectivity index (χ0n) is 14.7. The number of anilines is 3. The number of ether oxygens (including phenoxy) is 1. The molecule has 2 aromatic heterocycles. The van der Waals surface area contributed by atoms with Gasteiger partial charge in [0.1, 0.15) is 12.1 Å². The van der Waals surface area contributed by atoms with Gasteiger partial charge in [0.05, 0.1) is 18.8 Å². The van der Waals surface area contributed by atoms with Crippen LogP contribution in [0.2, 0.25) is 0 Å². The van der Waals surface area contributed by atoms with Gasteiger partial charge in [0.25, 0.3) is 0 Å². The average Bonchev–Trinajstić information content (AvgIpc) is 3.33. The highest BCUT2D eigenvalue weighted by Crippen LogP contribution is 2.29. The van der Waals surface area contributed by atoms with E-state index in [1.54, 1.807) is 13.3 Å². The molecule has 3 heterocycles. The summed E-state index contributed by atoms with van der Waals surface area (Å²) in [4.78, 5) is 15.3. The fourth-order valence-electron chi connectivity index (χ4n) is 3.29. The lowest BCUT2D eigenvalue weighted by molar-refractivity contribution is 0.414. The summed E-state index contributed by atoms with van der Waals surface area (Å²) in [5.74, 6) is 2.02. The summed E-state index contributed by atoms with van der Waals surface area (Å²) in [5.41, 5.74) is 4.38. The molecule has 8 nitrogen and oxygen atoms in total. The number of nitrogens with zero attached hydrogens (tertiary/aromatic N) is 5. The minimum absolute atomic E-state index is 0.511. The molecule has 2 N–H and O–H groups in total. The molecule has 8 heteroatoms. The molecular weight excluding hydrogens is 342 g/mol. The van der Waals surface area contributed by atoms with Crippen molar-refractivity contribution in [3.8, 4) is 5.75 Å². The van der Waals surface area contributed by atoms with E-state index in [-0.39, 0.29) is 0 Å². The molecule has 0 aliphatic carbocycles. The van der Waals surface area contributed by atoms with Crippen LogP contribution in [0.1, 0.15) is 11.1 Å². The maximum atomic E-state index is 5.31. The first-order valence-electron chi connectivity index (χ1n) is 8.58. The second-order valence-electron chi connectivity index (χ2n) is 6.40. The van der Waals surface area contributed by atoms with E-state index in [1.165, 1.54) is 17.5 Å². The molecule has 1 aliphatic rings. The first-order chi connectivity index (χ1) is 13.3. The van der Waals surface area contributed by atoms with Gasteiger partial charge in [-0.3, -0.25) is 5.10 Å². The van der Waals surface area contributed by atoms with Crippen molar-refractivity contribution in [1.82, 2.24) is 25.1 Å². The molecule has 27 heavy (non-hydrogen) atoms. The molecule has 1 aliphatic heterocycles. The van der Waals surface area contributed by atoms with Crippen molar-refractivity contribution < 1.29 is 4.74 Å². The molecule has 0 spiro atoms. The number of hydrogen-bond acceptors (Lipinski definition) is 7. The highest BCUT2D eigenvalue weighted by atomic mass is 16.5. The Morgan fingerprint density at radius 2 is 2.00 bits per heavy atom. The summed E-state index contributed by atoms with van der Waals surface area (Å²) in [6, 6.07) is 12.1. The molecule has 4 aromatic rings. The summed E-state index contributed by atoms with van der Waals surface area (Å²) in [6.45, 7) is 1.51. The SMILES string of the molecule is COc1ccc2c(c1)CN(c1ncnc(Nc3ccc4[nH]ncc4c3)n1)C2. The third-order valence-corrected chi connectivity index (χ3v) is 4.67. The average molecular weight is 359 g/mol. The summed E-state index contributed by atoms with van der Waals surface area (Å²) in [5, 5.41) is 11.2. The lowest BCUT2D eigenvalue weighted by Gasteiger charge is -2.15. The molecule has 2 aromatic carbocycles. The van der Waals surface area contributed by atoms with E-state index in [4.69, 9.17) is 4.74 Å². The molecule has 0 atom stereocenters. The molecule has 0 saturated heterocycles. The highest BCUT2D eigenvalue weighted by molar-refractivity contribution is 5.82. The zero-order chi connectivity index (χ0) is 18.2. The maximum absolute atomic E-state index is 5.31. The van der Waals surface area contributed by atoms with E-state index in [0.29, 0.717) is 11.9 Å². The van der Waals surface area contributed by atoms with Crippen molar-refractivity contribution in [2.45, 2.75) is 13.1 Å². The first kappa shape index (κ1) is 15.6. The summed E-state index contributed by atoms with van der Waals surface area (Å²) in [6.07, 6.45) is 3.32. The van der Waals surface area contributed by atoms with E-state index in [1.807, 2.05) is 24.3 Å². The predicted molar refractivity (Wildman–Crippen MR) is 102 cm³/mol. The van der Waals surface area contributed by atoms with Gasteiger partial charge in [-0.1, -0.05) is 6.07 Å². The van der Waals surface area contributed by atoms with Crippen LogP contribution in [0.15, 0.2) is 48.9 Å². The number of benzene rings is 2. The summed E-state index contributed by atoms with van der Waals surface area (Å²) < 4.78 is 5.31. The number of rotatable bonds is 4. The van der Waals surface area contributed by atoms with E-state index in [2.05, 4.69) is 47.5 Å². The number of H-pyrrole nitrogens is 1. The molecule has 0 bridgehead atoms. The topological polar surface area (TPSA) is 91.8 Å². The fraction of sp³-hybridized carbons (Fsp3) is 0.158. The number of fused-ring (bicyclic) bond motifs is 2. The van der Waals surface area contributed by atoms with Gasteiger partial charge < -0.3 is 15.0 Å². The number of aromatic amines is 1. The number of hydrogen-bond donors (Lipinski definition) is 2. The second-order valence-corrected chi connectivity index (χ2v) is 6.40. The van der Waals surface area contributed by atoms with Crippen molar-refractivity contribution in [3.63, 3.8) is 0 Å². The van der Waals surface area contributed by atoms with Gasteiger partial charge in [0.15, 0.2) is 0 Å². The van der Waals surface area contributed by atoms with Crippen molar-refractivity contribution in [2.75, 3.05) is 17.3 Å². The lowest BCUT2D eigenvalue weighted by atomic mass is 10.1. The normalized spacial score (nSPS) is 13.0. The van der Waals surface area contributed by atoms with Gasteiger partial charge in [-0.2, -0.15) is 10.1 Å². The molecule has 0 amide bonds. The van der Waals surface area contributed by atoms with Crippen LogP contribution in [-0.2, 0) is 13.1 Å². The number of methoxy groups -OCH3 is 1. The Balaban J connectivity index is 1.37. The predicted octanol–water partition coefficient (Wildman–Crippen LogP) is 3.02. The van der Waals surface area contributed by atoms with Gasteiger partial charge in [0.2, 0.25) is 11.9 Å². The first-order valence-corrected chi connectivity index (χ1v) is 8.58. The van der Waals surface area contributed by atoms with E-state index in [9.17, 15) is 0 Å². The Morgan fingerprint density at radius 3 is 2.93 bits per heavy atom. The number of aromatic nitrogens is 5. The molecule has 0 fully saturated rings. The Bertz CT molecular complexity index is 1120. The van der Waals surface area contributed by atoms with Crippen LogP contribution < -0.4 is 15.0 Å². The highest BCUT2D eigenvalue weighted by Gasteiger charge is 2.22. The molecular formula is C19H17N7O. The van der Waals surface area contributed by atoms with Crippen molar-refractivity contribution >= 4 is 28.5 Å². The molecule has 5 rings (SSSR count). The lowest BCUT2D eigenvalue weighted by Crippen LogP contribution is -2.18. The molecule has 0 radical (unpaired) electrons. The van der Waals surface area contributed by atoms with Crippen LogP contribution in [0.3, 0.4) is 0 Å². The standard InChI is InChI=1S/C19H17N7O/c1-27-16-4-2-12-9-26(10-14(12)7-16)19-21-11-20-18(24-19)23-15-3-5-17-13(6-15)8-22-25-17/h2-8,11H,9-10H2,1H3,(H,22,25)(H,20,21,23,24). The van der Waals surface area contributed by atoms with Crippen LogP contribution in [0.4, 0.5) is 17.6 Å². The third-order valence-electron chi connectivity index (χ3n) is 4.67. The van der Waals surface area contributed by atoms with Gasteiger partial charge in [-0.15, -0.1) is 0 Å². The second kappa shape index (κ2) is 6.24. The van der Waals surface area contributed by atoms with Crippen molar-refractivity contribution in [1.29, 1.82) is 0 Å². The van der Waals surface area contributed by atoms with Gasteiger partial charge in [0, 0.05) is 24.2 Å². The molecule has 0 unspecified atom stereocenters. The smallest absolute Gasteiger partial charge is 0.231 e. The van der Waals surface area contributed by atoms with E-state index >= 15 is 0 Å². The van der Waals surface area contributed by atoms with E-state index < -0.39 is 0 Å². The minimum Gasteiger partial charge on any atom is -0.497 e. The quantitative estimate of drug-likeness (QED) is 0.579. The largest absolute Gasteiger partial charge is 0.497 e. The Morgan fingerprint density at radius 1 is 1.07 bits per heavy atom.